The Morgan fingerprint density at radius 3 is 2.46 bits per heavy atom. The maximum absolute atomic E-state index is 12.8. The van der Waals surface area contributed by atoms with Crippen LogP contribution in [0.15, 0.2) is 24.3 Å². The molecule has 0 saturated carbocycles. The van der Waals surface area contributed by atoms with Crippen LogP contribution in [0.2, 0.25) is 0 Å². The van der Waals surface area contributed by atoms with Gasteiger partial charge in [-0.25, -0.2) is 9.18 Å². The minimum atomic E-state index is -0.263. The molecule has 1 aliphatic rings. The Bertz CT molecular complexity index is 496. The van der Waals surface area contributed by atoms with Crippen molar-refractivity contribution in [1.82, 2.24) is 15.5 Å². The number of nitrogens with zero attached hydrogens (tertiary/aromatic N) is 1. The lowest BCUT2D eigenvalue weighted by atomic mass is 9.92. The quantitative estimate of drug-likeness (QED) is 0.750. The van der Waals surface area contributed by atoms with Gasteiger partial charge in [-0.2, -0.15) is 0 Å². The van der Waals surface area contributed by atoms with Crippen LogP contribution in [0.5, 0.6) is 0 Å². The zero-order chi connectivity index (χ0) is 17.4. The number of carbonyl (C=O) groups is 1. The van der Waals surface area contributed by atoms with E-state index < -0.39 is 0 Å². The number of carbonyl (C=O) groups excluding carboxylic acids is 1. The first kappa shape index (κ1) is 18.7. The topological polar surface area (TPSA) is 44.4 Å². The molecule has 0 aromatic heterocycles. The fourth-order valence-electron chi connectivity index (χ4n) is 3.48. The zero-order valence-electron chi connectivity index (χ0n) is 14.9. The summed E-state index contributed by atoms with van der Waals surface area (Å²) < 4.78 is 12.8. The van der Waals surface area contributed by atoms with Gasteiger partial charge in [-0.15, -0.1) is 0 Å². The summed E-state index contributed by atoms with van der Waals surface area (Å²) >= 11 is 0. The van der Waals surface area contributed by atoms with Gasteiger partial charge in [-0.3, -0.25) is 0 Å². The molecule has 1 aliphatic heterocycles. The predicted molar refractivity (Wildman–Crippen MR) is 95.3 cm³/mol. The number of hydrogen-bond donors (Lipinski definition) is 2. The molecule has 1 fully saturated rings. The Balaban J connectivity index is 1.52. The van der Waals surface area contributed by atoms with Crippen LogP contribution in [0.3, 0.4) is 0 Å². The van der Waals surface area contributed by atoms with Crippen LogP contribution in [0.25, 0.3) is 0 Å². The van der Waals surface area contributed by atoms with Crippen molar-refractivity contribution in [2.45, 2.75) is 39.7 Å². The molecule has 2 atom stereocenters. The fourth-order valence-corrected chi connectivity index (χ4v) is 3.48. The fraction of sp³-hybridized carbons (Fsp3) is 0.632. The molecule has 0 bridgehead atoms. The third-order valence-electron chi connectivity index (χ3n) is 4.50. The van der Waals surface area contributed by atoms with Gasteiger partial charge in [0.15, 0.2) is 0 Å². The van der Waals surface area contributed by atoms with E-state index in [1.807, 2.05) is 0 Å². The SMILES string of the molecule is CC1CC(C)CN(CCCCNC(=O)NCc2ccc(F)cc2)C1. The third kappa shape index (κ3) is 6.87. The van der Waals surface area contributed by atoms with E-state index in [1.54, 1.807) is 12.1 Å². The van der Waals surface area contributed by atoms with Crippen molar-refractivity contribution < 1.29 is 9.18 Å². The molecular formula is C19H30FN3O. The summed E-state index contributed by atoms with van der Waals surface area (Å²) in [5, 5.41) is 5.66. The molecule has 2 amide bonds. The monoisotopic (exact) mass is 335 g/mol. The number of hydrogen-bond acceptors (Lipinski definition) is 2. The van der Waals surface area contributed by atoms with E-state index in [9.17, 15) is 9.18 Å². The second-order valence-electron chi connectivity index (χ2n) is 7.15. The molecule has 24 heavy (non-hydrogen) atoms. The van der Waals surface area contributed by atoms with E-state index in [1.165, 1.54) is 31.6 Å². The van der Waals surface area contributed by atoms with Crippen LogP contribution in [0.1, 0.15) is 38.7 Å². The van der Waals surface area contributed by atoms with Gasteiger partial charge in [0, 0.05) is 26.2 Å². The summed E-state index contributed by atoms with van der Waals surface area (Å²) in [6, 6.07) is 5.99. The lowest BCUT2D eigenvalue weighted by Gasteiger charge is -2.34. The number of unbranched alkanes of at least 4 members (excludes halogenated alkanes) is 1. The minimum Gasteiger partial charge on any atom is -0.338 e. The van der Waals surface area contributed by atoms with Gasteiger partial charge in [0.05, 0.1) is 0 Å². The summed E-state index contributed by atoms with van der Waals surface area (Å²) in [7, 11) is 0. The van der Waals surface area contributed by atoms with E-state index in [2.05, 4.69) is 29.4 Å². The van der Waals surface area contributed by atoms with Crippen LogP contribution in [-0.2, 0) is 6.54 Å². The van der Waals surface area contributed by atoms with Crippen molar-refractivity contribution in [3.63, 3.8) is 0 Å². The highest BCUT2D eigenvalue weighted by Gasteiger charge is 2.20. The highest BCUT2D eigenvalue weighted by atomic mass is 19.1. The number of rotatable bonds is 7. The number of likely N-dealkylation sites (tertiary alicyclic amines) is 1. The lowest BCUT2D eigenvalue weighted by Crippen LogP contribution is -2.39. The molecule has 0 radical (unpaired) electrons. The first-order valence-electron chi connectivity index (χ1n) is 9.01. The minimum absolute atomic E-state index is 0.167. The zero-order valence-corrected chi connectivity index (χ0v) is 14.9. The molecule has 5 heteroatoms. The smallest absolute Gasteiger partial charge is 0.315 e. The summed E-state index contributed by atoms with van der Waals surface area (Å²) in [6.45, 7) is 9.29. The molecular weight excluding hydrogens is 305 g/mol. The van der Waals surface area contributed by atoms with Gasteiger partial charge in [0.1, 0.15) is 5.82 Å². The van der Waals surface area contributed by atoms with E-state index in [0.29, 0.717) is 13.1 Å². The maximum Gasteiger partial charge on any atom is 0.315 e. The van der Waals surface area contributed by atoms with Gasteiger partial charge in [0.25, 0.3) is 0 Å². The van der Waals surface area contributed by atoms with Gasteiger partial charge in [0.2, 0.25) is 0 Å². The van der Waals surface area contributed by atoms with Gasteiger partial charge < -0.3 is 15.5 Å². The molecule has 1 aromatic rings. The van der Waals surface area contributed by atoms with Crippen LogP contribution >= 0.6 is 0 Å². The number of halogens is 1. The largest absolute Gasteiger partial charge is 0.338 e. The lowest BCUT2D eigenvalue weighted by molar-refractivity contribution is 0.139. The molecule has 2 N–H and O–H groups in total. The molecule has 1 saturated heterocycles. The number of amides is 2. The van der Waals surface area contributed by atoms with Crippen molar-refractivity contribution in [2.24, 2.45) is 11.8 Å². The summed E-state index contributed by atoms with van der Waals surface area (Å²) in [4.78, 5) is 14.3. The number of piperidine rings is 1. The van der Waals surface area contributed by atoms with E-state index in [-0.39, 0.29) is 11.8 Å². The van der Waals surface area contributed by atoms with E-state index in [4.69, 9.17) is 0 Å². The van der Waals surface area contributed by atoms with Gasteiger partial charge in [-0.05, 0) is 55.3 Å². The van der Waals surface area contributed by atoms with Gasteiger partial charge in [-0.1, -0.05) is 26.0 Å². The standard InChI is InChI=1S/C19H30FN3O/c1-15-11-16(2)14-23(13-15)10-4-3-9-21-19(24)22-12-17-5-7-18(20)8-6-17/h5-8,15-16H,3-4,9-14H2,1-2H3,(H2,21,22,24). The highest BCUT2D eigenvalue weighted by molar-refractivity contribution is 5.73. The van der Waals surface area contributed by atoms with Crippen molar-refractivity contribution in [2.75, 3.05) is 26.2 Å². The number of benzene rings is 1. The maximum atomic E-state index is 12.8. The van der Waals surface area contributed by atoms with Crippen molar-refractivity contribution >= 4 is 6.03 Å². The van der Waals surface area contributed by atoms with Crippen LogP contribution in [0.4, 0.5) is 9.18 Å². The average molecular weight is 335 g/mol. The first-order chi connectivity index (χ1) is 11.5. The van der Waals surface area contributed by atoms with Crippen molar-refractivity contribution in [1.29, 1.82) is 0 Å². The van der Waals surface area contributed by atoms with Gasteiger partial charge >= 0.3 is 6.03 Å². The average Bonchev–Trinajstić information content (AvgIpc) is 2.53. The Morgan fingerprint density at radius 2 is 1.79 bits per heavy atom. The summed E-state index contributed by atoms with van der Waals surface area (Å²) in [6.07, 6.45) is 3.44. The van der Waals surface area contributed by atoms with Crippen LogP contribution in [0, 0.1) is 17.7 Å². The molecule has 4 nitrogen and oxygen atoms in total. The molecule has 1 aromatic carbocycles. The van der Waals surface area contributed by atoms with Crippen molar-refractivity contribution in [3.05, 3.63) is 35.6 Å². The highest BCUT2D eigenvalue weighted by Crippen LogP contribution is 2.20. The molecule has 1 heterocycles. The van der Waals surface area contributed by atoms with E-state index in [0.717, 1.165) is 36.8 Å². The Labute approximate surface area is 144 Å². The van der Waals surface area contributed by atoms with E-state index >= 15 is 0 Å². The molecule has 0 spiro atoms. The number of nitrogens with one attached hydrogen (secondary N) is 2. The van der Waals surface area contributed by atoms with Crippen molar-refractivity contribution in [3.8, 4) is 0 Å². The molecule has 0 aliphatic carbocycles. The second kappa shape index (κ2) is 9.62. The normalized spacial score (nSPS) is 21.5. The van der Waals surface area contributed by atoms with Crippen LogP contribution in [-0.4, -0.2) is 37.1 Å². The summed E-state index contributed by atoms with van der Waals surface area (Å²) in [5.41, 5.74) is 0.889. The Hall–Kier alpha value is -1.62. The Kier molecular flexibility index (Phi) is 7.50. The summed E-state index contributed by atoms with van der Waals surface area (Å²) in [5.74, 6) is 1.33. The molecule has 2 rings (SSSR count). The molecule has 2 unspecified atom stereocenters. The molecule has 134 valence electrons. The first-order valence-corrected chi connectivity index (χ1v) is 9.01. The predicted octanol–water partition coefficient (Wildman–Crippen LogP) is 3.38. The number of urea groups is 1. The second-order valence-corrected chi connectivity index (χ2v) is 7.15. The third-order valence-corrected chi connectivity index (χ3v) is 4.50. The Morgan fingerprint density at radius 1 is 1.12 bits per heavy atom. The van der Waals surface area contributed by atoms with Crippen LogP contribution < -0.4 is 10.6 Å².